The predicted octanol–water partition coefficient (Wildman–Crippen LogP) is 4.21. The van der Waals surface area contributed by atoms with E-state index < -0.39 is 0 Å². The molecule has 0 aromatic rings. The molecule has 3 aliphatic carbocycles. The molecule has 0 bridgehead atoms. The maximum absolute atomic E-state index is 12.2. The molecule has 0 aliphatic heterocycles. The Morgan fingerprint density at radius 1 is 0.750 bits per heavy atom. The van der Waals surface area contributed by atoms with Crippen LogP contribution in [0.1, 0.15) is 65.2 Å². The van der Waals surface area contributed by atoms with Gasteiger partial charge in [0.25, 0.3) is 0 Å². The molecule has 0 aromatic heterocycles. The zero-order valence-electron chi connectivity index (χ0n) is 10.9. The van der Waals surface area contributed by atoms with Crippen molar-refractivity contribution >= 4 is 5.78 Å². The summed E-state index contributed by atoms with van der Waals surface area (Å²) in [5.74, 6) is 3.27. The van der Waals surface area contributed by atoms with Crippen molar-refractivity contribution in [3.8, 4) is 0 Å². The lowest BCUT2D eigenvalue weighted by atomic mass is 9.73. The van der Waals surface area contributed by atoms with Gasteiger partial charge in [0.2, 0.25) is 0 Å². The van der Waals surface area contributed by atoms with Gasteiger partial charge >= 0.3 is 0 Å². The van der Waals surface area contributed by atoms with Gasteiger partial charge in [-0.25, -0.2) is 0 Å². The Morgan fingerprint density at radius 2 is 1.12 bits per heavy atom. The van der Waals surface area contributed by atoms with Crippen LogP contribution < -0.4 is 0 Å². The summed E-state index contributed by atoms with van der Waals surface area (Å²) >= 11 is 0. The fraction of sp³-hybridized carbons (Fsp3) is 0.933. The van der Waals surface area contributed by atoms with Crippen molar-refractivity contribution in [2.45, 2.75) is 65.2 Å². The number of ketones is 1. The van der Waals surface area contributed by atoms with Crippen LogP contribution in [0.15, 0.2) is 0 Å². The Labute approximate surface area is 100.0 Å². The number of fused-ring (bicyclic) bond motifs is 3. The van der Waals surface area contributed by atoms with Crippen LogP contribution in [-0.4, -0.2) is 5.78 Å². The van der Waals surface area contributed by atoms with Crippen LogP contribution in [0.5, 0.6) is 0 Å². The Bertz CT molecular complexity index is 222. The Morgan fingerprint density at radius 3 is 1.56 bits per heavy atom. The van der Waals surface area contributed by atoms with Gasteiger partial charge in [0.15, 0.2) is 0 Å². The van der Waals surface area contributed by atoms with E-state index in [1.54, 1.807) is 0 Å². The first-order valence-corrected chi connectivity index (χ1v) is 7.41. The first-order valence-electron chi connectivity index (χ1n) is 7.41. The maximum Gasteiger partial charge on any atom is 0.139 e. The van der Waals surface area contributed by atoms with E-state index in [0.717, 1.165) is 11.8 Å². The van der Waals surface area contributed by atoms with Crippen molar-refractivity contribution in [1.82, 2.24) is 0 Å². The number of hydrogen-bond donors (Lipinski definition) is 0. The number of hydrogen-bond acceptors (Lipinski definition) is 1. The third-order valence-electron chi connectivity index (χ3n) is 4.92. The first kappa shape index (κ1) is 12.1. The molecule has 3 fully saturated rings. The first-order chi connectivity index (χ1) is 7.88. The largest absolute Gasteiger partial charge is 0.299 e. The van der Waals surface area contributed by atoms with Gasteiger partial charge in [-0.15, -0.1) is 0 Å². The second-order valence-corrected chi connectivity index (χ2v) is 5.51. The zero-order chi connectivity index (χ0) is 11.5. The highest BCUT2D eigenvalue weighted by molar-refractivity contribution is 5.86. The molecule has 0 amide bonds. The van der Waals surface area contributed by atoms with Gasteiger partial charge in [0, 0.05) is 11.8 Å². The molecule has 3 aliphatic rings. The van der Waals surface area contributed by atoms with E-state index in [4.69, 9.17) is 0 Å². The van der Waals surface area contributed by atoms with E-state index >= 15 is 0 Å². The Balaban J connectivity index is 0.000000457. The van der Waals surface area contributed by atoms with Gasteiger partial charge in [-0.3, -0.25) is 4.79 Å². The van der Waals surface area contributed by atoms with Crippen LogP contribution in [0.2, 0.25) is 0 Å². The summed E-state index contributed by atoms with van der Waals surface area (Å²) in [6, 6.07) is 0. The fourth-order valence-corrected chi connectivity index (χ4v) is 4.33. The van der Waals surface area contributed by atoms with E-state index in [1.807, 2.05) is 13.8 Å². The molecule has 4 atom stereocenters. The molecule has 0 aromatic carbocycles. The van der Waals surface area contributed by atoms with E-state index in [2.05, 4.69) is 0 Å². The molecular weight excluding hydrogens is 196 g/mol. The average molecular weight is 222 g/mol. The van der Waals surface area contributed by atoms with Crippen molar-refractivity contribution in [3.63, 3.8) is 0 Å². The third kappa shape index (κ3) is 1.94. The number of carbonyl (C=O) groups excluding carboxylic acids is 1. The monoisotopic (exact) mass is 222 g/mol. The van der Waals surface area contributed by atoms with Gasteiger partial charge in [-0.1, -0.05) is 39.5 Å². The van der Waals surface area contributed by atoms with Crippen LogP contribution in [0.4, 0.5) is 0 Å². The van der Waals surface area contributed by atoms with E-state index in [0.29, 0.717) is 17.6 Å². The molecule has 92 valence electrons. The normalized spacial score (nSPS) is 41.8. The molecule has 4 unspecified atom stereocenters. The molecular formula is C15H26O. The van der Waals surface area contributed by atoms with Crippen LogP contribution in [-0.2, 0) is 4.79 Å². The third-order valence-corrected chi connectivity index (χ3v) is 4.92. The van der Waals surface area contributed by atoms with Crippen molar-refractivity contribution in [1.29, 1.82) is 0 Å². The van der Waals surface area contributed by atoms with Crippen molar-refractivity contribution in [3.05, 3.63) is 0 Å². The summed E-state index contributed by atoms with van der Waals surface area (Å²) in [4.78, 5) is 12.2. The van der Waals surface area contributed by atoms with Gasteiger partial charge in [0.05, 0.1) is 0 Å². The number of rotatable bonds is 0. The van der Waals surface area contributed by atoms with Crippen molar-refractivity contribution in [2.75, 3.05) is 0 Å². The summed E-state index contributed by atoms with van der Waals surface area (Å²) in [7, 11) is 0. The highest BCUT2D eigenvalue weighted by atomic mass is 16.1. The molecule has 0 saturated heterocycles. The summed E-state index contributed by atoms with van der Waals surface area (Å²) in [6.07, 6.45) is 10.6. The quantitative estimate of drug-likeness (QED) is 0.600. The molecule has 0 radical (unpaired) electrons. The molecule has 3 saturated carbocycles. The van der Waals surface area contributed by atoms with E-state index in [-0.39, 0.29) is 0 Å². The predicted molar refractivity (Wildman–Crippen MR) is 67.3 cm³/mol. The van der Waals surface area contributed by atoms with Gasteiger partial charge < -0.3 is 0 Å². The van der Waals surface area contributed by atoms with Crippen LogP contribution in [0, 0.1) is 23.7 Å². The van der Waals surface area contributed by atoms with Gasteiger partial charge in [-0.05, 0) is 37.5 Å². The average Bonchev–Trinajstić information content (AvgIpc) is 2.67. The standard InChI is InChI=1S/C13H20O.C2H6/c14-13-11-7-3-1-5-9(11)10-6-2-4-8-12(10)13;1-2/h9-12H,1-8H2;1-2H3. The summed E-state index contributed by atoms with van der Waals surface area (Å²) in [5, 5.41) is 0. The molecule has 3 rings (SSSR count). The SMILES string of the molecule is CC.O=C1C2CCCCC2C2CCCCC12. The number of Topliss-reactive ketones (excluding diaryl/α,β-unsaturated/α-hetero) is 1. The Kier molecular flexibility index (Phi) is 4.05. The molecule has 1 nitrogen and oxygen atoms in total. The molecule has 16 heavy (non-hydrogen) atoms. The highest BCUT2D eigenvalue weighted by Gasteiger charge is 2.50. The Hall–Kier alpha value is -0.330. The topological polar surface area (TPSA) is 17.1 Å². The fourth-order valence-electron chi connectivity index (χ4n) is 4.33. The summed E-state index contributed by atoms with van der Waals surface area (Å²) in [6.45, 7) is 4.00. The van der Waals surface area contributed by atoms with Crippen LogP contribution in [0.25, 0.3) is 0 Å². The molecule has 0 spiro atoms. The molecule has 0 heterocycles. The minimum absolute atomic E-state index is 0.497. The number of carbonyl (C=O) groups is 1. The van der Waals surface area contributed by atoms with Gasteiger partial charge in [0.1, 0.15) is 5.78 Å². The zero-order valence-corrected chi connectivity index (χ0v) is 10.9. The van der Waals surface area contributed by atoms with E-state index in [1.165, 1.54) is 51.4 Å². The second-order valence-electron chi connectivity index (χ2n) is 5.51. The lowest BCUT2D eigenvalue weighted by molar-refractivity contribution is -0.125. The molecule has 0 N–H and O–H groups in total. The molecule has 1 heteroatoms. The summed E-state index contributed by atoms with van der Waals surface area (Å²) < 4.78 is 0. The highest BCUT2D eigenvalue weighted by Crippen LogP contribution is 2.51. The smallest absolute Gasteiger partial charge is 0.139 e. The van der Waals surface area contributed by atoms with Crippen molar-refractivity contribution < 1.29 is 4.79 Å². The second kappa shape index (κ2) is 5.33. The maximum atomic E-state index is 12.2. The minimum atomic E-state index is 0.497. The van der Waals surface area contributed by atoms with Crippen LogP contribution in [0.3, 0.4) is 0 Å². The summed E-state index contributed by atoms with van der Waals surface area (Å²) in [5.41, 5.74) is 0. The lowest BCUT2D eigenvalue weighted by Crippen LogP contribution is -2.22. The van der Waals surface area contributed by atoms with Crippen LogP contribution >= 0.6 is 0 Å². The van der Waals surface area contributed by atoms with Gasteiger partial charge in [-0.2, -0.15) is 0 Å². The van der Waals surface area contributed by atoms with E-state index in [9.17, 15) is 4.79 Å². The minimum Gasteiger partial charge on any atom is -0.299 e. The van der Waals surface area contributed by atoms with Crippen molar-refractivity contribution in [2.24, 2.45) is 23.7 Å². The lowest BCUT2D eigenvalue weighted by Gasteiger charge is -2.31.